The predicted molar refractivity (Wildman–Crippen MR) is 202 cm³/mol. The lowest BCUT2D eigenvalue weighted by Gasteiger charge is -2.20. The van der Waals surface area contributed by atoms with E-state index >= 15 is 0 Å². The summed E-state index contributed by atoms with van der Waals surface area (Å²) in [5.41, 5.74) is 0. The number of amides is 1. The first-order valence-electron chi connectivity index (χ1n) is 20.9. The molecule has 0 spiro atoms. The number of aliphatic hydroxyl groups is 2. The summed E-state index contributed by atoms with van der Waals surface area (Å²) in [5, 5.41) is 23.0. The molecular formula is C42H83NO3. The summed E-state index contributed by atoms with van der Waals surface area (Å²) < 4.78 is 0. The average Bonchev–Trinajstić information content (AvgIpc) is 3.06. The number of carbonyl (C=O) groups is 1. The Balaban J connectivity index is 3.55. The Labute approximate surface area is 288 Å². The first kappa shape index (κ1) is 45.1. The maximum Gasteiger partial charge on any atom is 0.220 e. The van der Waals surface area contributed by atoms with Crippen LogP contribution in [0.15, 0.2) is 12.2 Å². The number of nitrogens with one attached hydrogen (secondary N) is 1. The molecule has 274 valence electrons. The molecule has 0 aliphatic carbocycles. The van der Waals surface area contributed by atoms with Crippen molar-refractivity contribution in [2.75, 3.05) is 6.61 Å². The van der Waals surface area contributed by atoms with E-state index in [4.69, 9.17) is 0 Å². The first-order valence-corrected chi connectivity index (χ1v) is 20.9. The molecule has 2 atom stereocenters. The molecule has 0 fully saturated rings. The largest absolute Gasteiger partial charge is 0.394 e. The second-order valence-electron chi connectivity index (χ2n) is 14.4. The molecule has 4 nitrogen and oxygen atoms in total. The molecule has 46 heavy (non-hydrogen) atoms. The van der Waals surface area contributed by atoms with Gasteiger partial charge in [-0.2, -0.15) is 0 Å². The highest BCUT2D eigenvalue weighted by molar-refractivity contribution is 5.76. The van der Waals surface area contributed by atoms with Crippen molar-refractivity contribution < 1.29 is 15.0 Å². The highest BCUT2D eigenvalue weighted by Gasteiger charge is 2.17. The van der Waals surface area contributed by atoms with Crippen LogP contribution in [-0.2, 0) is 4.79 Å². The van der Waals surface area contributed by atoms with Crippen molar-refractivity contribution in [3.63, 3.8) is 0 Å². The zero-order valence-electron chi connectivity index (χ0n) is 31.4. The number of hydrogen-bond acceptors (Lipinski definition) is 3. The summed E-state index contributed by atoms with van der Waals surface area (Å²) in [7, 11) is 0. The van der Waals surface area contributed by atoms with Gasteiger partial charge in [-0.15, -0.1) is 0 Å². The quantitative estimate of drug-likeness (QED) is 0.0460. The van der Waals surface area contributed by atoms with Crippen LogP contribution >= 0.6 is 0 Å². The van der Waals surface area contributed by atoms with Gasteiger partial charge in [0.05, 0.1) is 18.8 Å². The second-order valence-corrected chi connectivity index (χ2v) is 14.4. The van der Waals surface area contributed by atoms with E-state index in [2.05, 4.69) is 19.2 Å². The molecular weight excluding hydrogens is 566 g/mol. The number of carbonyl (C=O) groups excluding carboxylic acids is 1. The molecule has 0 aromatic carbocycles. The van der Waals surface area contributed by atoms with E-state index in [1.807, 2.05) is 6.08 Å². The summed E-state index contributed by atoms with van der Waals surface area (Å²) >= 11 is 0. The molecule has 3 N–H and O–H groups in total. The third kappa shape index (κ3) is 34.5. The molecule has 0 saturated carbocycles. The van der Waals surface area contributed by atoms with E-state index in [0.29, 0.717) is 6.42 Å². The van der Waals surface area contributed by atoms with E-state index in [9.17, 15) is 15.0 Å². The normalized spacial score (nSPS) is 13.0. The van der Waals surface area contributed by atoms with Crippen LogP contribution in [-0.4, -0.2) is 34.9 Å². The average molecular weight is 650 g/mol. The van der Waals surface area contributed by atoms with E-state index in [1.165, 1.54) is 186 Å². The highest BCUT2D eigenvalue weighted by atomic mass is 16.3. The van der Waals surface area contributed by atoms with Crippen molar-refractivity contribution in [3.8, 4) is 0 Å². The van der Waals surface area contributed by atoms with Crippen LogP contribution in [0, 0.1) is 0 Å². The molecule has 0 heterocycles. The zero-order chi connectivity index (χ0) is 33.6. The highest BCUT2D eigenvalue weighted by Crippen LogP contribution is 2.16. The van der Waals surface area contributed by atoms with Crippen LogP contribution in [0.1, 0.15) is 232 Å². The zero-order valence-corrected chi connectivity index (χ0v) is 31.4. The Morgan fingerprint density at radius 2 is 0.804 bits per heavy atom. The van der Waals surface area contributed by atoms with Crippen LogP contribution in [0.25, 0.3) is 0 Å². The van der Waals surface area contributed by atoms with Crippen LogP contribution in [0.5, 0.6) is 0 Å². The monoisotopic (exact) mass is 650 g/mol. The summed E-state index contributed by atoms with van der Waals surface area (Å²) in [6.45, 7) is 4.32. The van der Waals surface area contributed by atoms with Gasteiger partial charge in [0.2, 0.25) is 5.91 Å². The van der Waals surface area contributed by atoms with E-state index in [1.54, 1.807) is 6.08 Å². The SMILES string of the molecule is CCCCCCCCCCCCCCCCC/C=C/C(O)C(CO)NC(=O)CCCCCCCCCCCCCCCCCCC. The van der Waals surface area contributed by atoms with Crippen molar-refractivity contribution in [2.45, 2.75) is 244 Å². The molecule has 0 aliphatic heterocycles. The standard InChI is InChI=1S/C42H83NO3/c1-3-5-7-9-11-13-15-17-19-21-23-25-27-29-31-33-35-37-41(45)40(39-44)43-42(46)38-36-34-32-30-28-26-24-22-20-18-16-14-12-10-8-6-4-2/h35,37,40-41,44-45H,3-34,36,38-39H2,1-2H3,(H,43,46)/b37-35+. The van der Waals surface area contributed by atoms with Gasteiger partial charge in [0, 0.05) is 6.42 Å². The van der Waals surface area contributed by atoms with Gasteiger partial charge in [0.15, 0.2) is 0 Å². The third-order valence-electron chi connectivity index (χ3n) is 9.77. The lowest BCUT2D eigenvalue weighted by Crippen LogP contribution is -2.45. The minimum Gasteiger partial charge on any atom is -0.394 e. The minimum absolute atomic E-state index is 0.0603. The van der Waals surface area contributed by atoms with Crippen molar-refractivity contribution in [1.82, 2.24) is 5.32 Å². The number of rotatable bonds is 38. The van der Waals surface area contributed by atoms with Gasteiger partial charge in [0.25, 0.3) is 0 Å². The number of aliphatic hydroxyl groups excluding tert-OH is 2. The summed E-state index contributed by atoms with van der Waals surface area (Å²) in [5.74, 6) is -0.0603. The minimum atomic E-state index is -0.833. The molecule has 2 unspecified atom stereocenters. The molecule has 1 amide bonds. The van der Waals surface area contributed by atoms with Crippen molar-refractivity contribution in [1.29, 1.82) is 0 Å². The number of hydrogen-bond donors (Lipinski definition) is 3. The molecule has 4 heteroatoms. The fourth-order valence-corrected chi connectivity index (χ4v) is 6.53. The van der Waals surface area contributed by atoms with Gasteiger partial charge in [-0.3, -0.25) is 4.79 Å². The van der Waals surface area contributed by atoms with Gasteiger partial charge in [0.1, 0.15) is 0 Å². The van der Waals surface area contributed by atoms with Gasteiger partial charge in [-0.1, -0.05) is 219 Å². The van der Waals surface area contributed by atoms with E-state index in [-0.39, 0.29) is 12.5 Å². The fraction of sp³-hybridized carbons (Fsp3) is 0.929. The molecule has 0 radical (unpaired) electrons. The molecule has 0 aliphatic rings. The molecule has 0 aromatic rings. The second kappa shape index (κ2) is 38.6. The maximum absolute atomic E-state index is 12.4. The first-order chi connectivity index (χ1) is 22.7. The van der Waals surface area contributed by atoms with Crippen LogP contribution in [0.2, 0.25) is 0 Å². The number of unbranched alkanes of at least 4 members (excludes halogenated alkanes) is 31. The van der Waals surface area contributed by atoms with Crippen molar-refractivity contribution in [3.05, 3.63) is 12.2 Å². The van der Waals surface area contributed by atoms with Gasteiger partial charge in [-0.25, -0.2) is 0 Å². The molecule has 0 aromatic heterocycles. The van der Waals surface area contributed by atoms with E-state index < -0.39 is 12.1 Å². The summed E-state index contributed by atoms with van der Waals surface area (Å²) in [6.07, 6.45) is 47.4. The summed E-state index contributed by atoms with van der Waals surface area (Å²) in [4.78, 5) is 12.4. The molecule has 0 rings (SSSR count). The molecule has 0 bridgehead atoms. The Morgan fingerprint density at radius 1 is 0.500 bits per heavy atom. The van der Waals surface area contributed by atoms with Gasteiger partial charge >= 0.3 is 0 Å². The van der Waals surface area contributed by atoms with Crippen LogP contribution < -0.4 is 5.32 Å². The smallest absolute Gasteiger partial charge is 0.220 e. The fourth-order valence-electron chi connectivity index (χ4n) is 6.53. The lowest BCUT2D eigenvalue weighted by molar-refractivity contribution is -0.123. The van der Waals surface area contributed by atoms with Crippen LogP contribution in [0.3, 0.4) is 0 Å². The maximum atomic E-state index is 12.4. The van der Waals surface area contributed by atoms with Gasteiger partial charge < -0.3 is 15.5 Å². The predicted octanol–water partition coefficient (Wildman–Crippen LogP) is 12.7. The topological polar surface area (TPSA) is 69.6 Å². The Bertz CT molecular complexity index is 622. The van der Waals surface area contributed by atoms with Crippen molar-refractivity contribution in [2.24, 2.45) is 0 Å². The van der Waals surface area contributed by atoms with Crippen LogP contribution in [0.4, 0.5) is 0 Å². The lowest BCUT2D eigenvalue weighted by atomic mass is 10.0. The number of allylic oxidation sites excluding steroid dienone is 1. The summed E-state index contributed by atoms with van der Waals surface area (Å²) in [6, 6.07) is -0.615. The Hall–Kier alpha value is -0.870. The Kier molecular flexibility index (Phi) is 37.8. The Morgan fingerprint density at radius 3 is 1.13 bits per heavy atom. The van der Waals surface area contributed by atoms with E-state index in [0.717, 1.165) is 25.7 Å². The van der Waals surface area contributed by atoms with Gasteiger partial charge in [-0.05, 0) is 19.3 Å². The molecule has 0 saturated heterocycles. The van der Waals surface area contributed by atoms with Crippen molar-refractivity contribution >= 4 is 5.91 Å². The third-order valence-corrected chi connectivity index (χ3v) is 9.77.